The van der Waals surface area contributed by atoms with Crippen LogP contribution in [0.1, 0.15) is 10.4 Å². The number of carbonyl (C=O) groups is 1. The SMILES string of the molecule is COC(=O)O[C@H]1Cc2sccc2CN1. The zero-order valence-corrected chi connectivity index (χ0v) is 8.60. The monoisotopic (exact) mass is 213 g/mol. The van der Waals surface area contributed by atoms with E-state index in [4.69, 9.17) is 4.74 Å². The molecule has 0 unspecified atom stereocenters. The average Bonchev–Trinajstić information content (AvgIpc) is 2.64. The van der Waals surface area contributed by atoms with E-state index in [9.17, 15) is 4.79 Å². The van der Waals surface area contributed by atoms with Crippen LogP contribution in [0, 0.1) is 0 Å². The lowest BCUT2D eigenvalue weighted by molar-refractivity contribution is 0.0209. The summed E-state index contributed by atoms with van der Waals surface area (Å²) >= 11 is 1.69. The largest absolute Gasteiger partial charge is 0.509 e. The maximum absolute atomic E-state index is 10.8. The standard InChI is InChI=1S/C9H11NO3S/c1-12-9(11)13-8-4-7-6(5-10-8)2-3-14-7/h2-3,8,10H,4-5H2,1H3/t8-/m0/s1. The Hall–Kier alpha value is -1.07. The Morgan fingerprint density at radius 3 is 3.36 bits per heavy atom. The van der Waals surface area contributed by atoms with Gasteiger partial charge in [0.15, 0.2) is 6.23 Å². The van der Waals surface area contributed by atoms with E-state index in [1.165, 1.54) is 17.6 Å². The van der Waals surface area contributed by atoms with Crippen molar-refractivity contribution in [2.75, 3.05) is 7.11 Å². The van der Waals surface area contributed by atoms with Gasteiger partial charge in [-0.3, -0.25) is 5.32 Å². The molecule has 0 radical (unpaired) electrons. The Kier molecular flexibility index (Phi) is 2.69. The zero-order valence-electron chi connectivity index (χ0n) is 7.78. The summed E-state index contributed by atoms with van der Waals surface area (Å²) in [5.41, 5.74) is 1.29. The van der Waals surface area contributed by atoms with Crippen molar-refractivity contribution in [2.24, 2.45) is 0 Å². The van der Waals surface area contributed by atoms with Crippen molar-refractivity contribution in [3.05, 3.63) is 21.9 Å². The number of thiophene rings is 1. The predicted molar refractivity (Wildman–Crippen MR) is 52.1 cm³/mol. The number of hydrogen-bond donors (Lipinski definition) is 1. The van der Waals surface area contributed by atoms with E-state index in [1.807, 2.05) is 5.38 Å². The Labute approximate surface area is 85.8 Å². The Bertz CT molecular complexity index is 337. The van der Waals surface area contributed by atoms with E-state index < -0.39 is 6.16 Å². The van der Waals surface area contributed by atoms with Gasteiger partial charge in [-0.2, -0.15) is 0 Å². The topological polar surface area (TPSA) is 47.6 Å². The van der Waals surface area contributed by atoms with E-state index in [2.05, 4.69) is 16.1 Å². The van der Waals surface area contributed by atoms with Gasteiger partial charge in [0.2, 0.25) is 0 Å². The van der Waals surface area contributed by atoms with Crippen LogP contribution in [-0.2, 0) is 22.4 Å². The first kappa shape index (κ1) is 9.48. The lowest BCUT2D eigenvalue weighted by Gasteiger charge is -2.22. The molecule has 4 nitrogen and oxygen atoms in total. The minimum Gasteiger partial charge on any atom is -0.438 e. The summed E-state index contributed by atoms with van der Waals surface area (Å²) in [6.45, 7) is 0.750. The van der Waals surface area contributed by atoms with Gasteiger partial charge in [0.05, 0.1) is 7.11 Å². The summed E-state index contributed by atoms with van der Waals surface area (Å²) < 4.78 is 9.43. The van der Waals surface area contributed by atoms with Gasteiger partial charge < -0.3 is 9.47 Å². The summed E-state index contributed by atoms with van der Waals surface area (Å²) in [4.78, 5) is 12.1. The second-order valence-corrected chi connectivity index (χ2v) is 4.02. The maximum atomic E-state index is 10.8. The first-order chi connectivity index (χ1) is 6.79. The molecule has 1 aliphatic heterocycles. The highest BCUT2D eigenvalue weighted by Crippen LogP contribution is 2.22. The lowest BCUT2D eigenvalue weighted by Crippen LogP contribution is -2.38. The molecule has 1 N–H and O–H groups in total. The molecule has 2 rings (SSSR count). The Morgan fingerprint density at radius 1 is 1.71 bits per heavy atom. The second-order valence-electron chi connectivity index (χ2n) is 3.01. The van der Waals surface area contributed by atoms with E-state index >= 15 is 0 Å². The van der Waals surface area contributed by atoms with Crippen LogP contribution in [0.4, 0.5) is 4.79 Å². The van der Waals surface area contributed by atoms with Gasteiger partial charge in [0, 0.05) is 17.8 Å². The molecule has 0 amide bonds. The summed E-state index contributed by atoms with van der Waals surface area (Å²) in [6, 6.07) is 2.08. The summed E-state index contributed by atoms with van der Waals surface area (Å²) in [5.74, 6) is 0. The molecule has 0 aromatic carbocycles. The molecule has 1 aromatic rings. The second kappa shape index (κ2) is 3.98. The normalized spacial score (nSPS) is 19.9. The van der Waals surface area contributed by atoms with Crippen molar-refractivity contribution in [3.63, 3.8) is 0 Å². The Balaban J connectivity index is 1.97. The van der Waals surface area contributed by atoms with Gasteiger partial charge in [-0.05, 0) is 17.0 Å². The van der Waals surface area contributed by atoms with Crippen molar-refractivity contribution >= 4 is 17.5 Å². The highest BCUT2D eigenvalue weighted by atomic mass is 32.1. The Morgan fingerprint density at radius 2 is 2.57 bits per heavy atom. The van der Waals surface area contributed by atoms with E-state index in [0.717, 1.165) is 13.0 Å². The molecule has 1 atom stereocenters. The maximum Gasteiger partial charge on any atom is 0.509 e. The molecular formula is C9H11NO3S. The first-order valence-electron chi connectivity index (χ1n) is 4.33. The van der Waals surface area contributed by atoms with Crippen LogP contribution < -0.4 is 5.32 Å². The highest BCUT2D eigenvalue weighted by molar-refractivity contribution is 7.10. The van der Waals surface area contributed by atoms with Crippen LogP contribution in [0.3, 0.4) is 0 Å². The van der Waals surface area contributed by atoms with Crippen LogP contribution in [0.2, 0.25) is 0 Å². The third kappa shape index (κ3) is 1.88. The summed E-state index contributed by atoms with van der Waals surface area (Å²) in [5, 5.41) is 5.16. The molecule has 0 saturated heterocycles. The average molecular weight is 213 g/mol. The van der Waals surface area contributed by atoms with Crippen molar-refractivity contribution in [2.45, 2.75) is 19.2 Å². The highest BCUT2D eigenvalue weighted by Gasteiger charge is 2.22. The van der Waals surface area contributed by atoms with Gasteiger partial charge in [0.1, 0.15) is 0 Å². The van der Waals surface area contributed by atoms with Gasteiger partial charge in [-0.1, -0.05) is 0 Å². The number of carbonyl (C=O) groups excluding carboxylic acids is 1. The van der Waals surface area contributed by atoms with Crippen LogP contribution in [0.5, 0.6) is 0 Å². The summed E-state index contributed by atoms with van der Waals surface area (Å²) in [7, 11) is 1.31. The van der Waals surface area contributed by atoms with Crippen molar-refractivity contribution in [1.82, 2.24) is 5.32 Å². The fraction of sp³-hybridized carbons (Fsp3) is 0.444. The van der Waals surface area contributed by atoms with E-state index in [0.29, 0.717) is 0 Å². The smallest absolute Gasteiger partial charge is 0.438 e. The molecule has 14 heavy (non-hydrogen) atoms. The predicted octanol–water partition coefficient (Wildman–Crippen LogP) is 1.50. The number of hydrogen-bond acceptors (Lipinski definition) is 5. The quantitative estimate of drug-likeness (QED) is 0.718. The minimum absolute atomic E-state index is 0.256. The molecule has 1 aromatic heterocycles. The number of methoxy groups -OCH3 is 1. The van der Waals surface area contributed by atoms with Crippen LogP contribution in [-0.4, -0.2) is 19.5 Å². The molecule has 2 heterocycles. The van der Waals surface area contributed by atoms with Gasteiger partial charge in [-0.25, -0.2) is 4.79 Å². The van der Waals surface area contributed by atoms with E-state index in [1.54, 1.807) is 11.3 Å². The van der Waals surface area contributed by atoms with Gasteiger partial charge >= 0.3 is 6.16 Å². The van der Waals surface area contributed by atoms with Crippen LogP contribution >= 0.6 is 11.3 Å². The van der Waals surface area contributed by atoms with Gasteiger partial charge in [-0.15, -0.1) is 11.3 Å². The zero-order chi connectivity index (χ0) is 9.97. The fourth-order valence-corrected chi connectivity index (χ4v) is 2.35. The summed E-state index contributed by atoms with van der Waals surface area (Å²) in [6.07, 6.45) is -0.168. The van der Waals surface area contributed by atoms with Crippen LogP contribution in [0.15, 0.2) is 11.4 Å². The van der Waals surface area contributed by atoms with E-state index in [-0.39, 0.29) is 6.23 Å². The van der Waals surface area contributed by atoms with Gasteiger partial charge in [0.25, 0.3) is 0 Å². The molecule has 5 heteroatoms. The molecular weight excluding hydrogens is 202 g/mol. The van der Waals surface area contributed by atoms with Crippen molar-refractivity contribution in [1.29, 1.82) is 0 Å². The number of ether oxygens (including phenoxy) is 2. The molecule has 0 saturated carbocycles. The van der Waals surface area contributed by atoms with Crippen LogP contribution in [0.25, 0.3) is 0 Å². The molecule has 0 bridgehead atoms. The lowest BCUT2D eigenvalue weighted by atomic mass is 10.1. The fourth-order valence-electron chi connectivity index (χ4n) is 1.42. The number of fused-ring (bicyclic) bond motifs is 1. The first-order valence-corrected chi connectivity index (χ1v) is 5.21. The molecule has 0 aliphatic carbocycles. The van der Waals surface area contributed by atoms with Crippen molar-refractivity contribution < 1.29 is 14.3 Å². The third-order valence-electron chi connectivity index (χ3n) is 2.13. The third-order valence-corrected chi connectivity index (χ3v) is 3.12. The number of nitrogens with one attached hydrogen (secondary N) is 1. The molecule has 76 valence electrons. The molecule has 0 fully saturated rings. The van der Waals surface area contributed by atoms with Crippen molar-refractivity contribution in [3.8, 4) is 0 Å². The minimum atomic E-state index is -0.637. The number of rotatable bonds is 1. The molecule has 1 aliphatic rings. The molecule has 0 spiro atoms.